The predicted octanol–water partition coefficient (Wildman–Crippen LogP) is 3.59. The van der Waals surface area contributed by atoms with E-state index in [1.54, 1.807) is 6.20 Å². The summed E-state index contributed by atoms with van der Waals surface area (Å²) in [4.78, 5) is 23.9. The summed E-state index contributed by atoms with van der Waals surface area (Å²) in [6.45, 7) is 8.90. The van der Waals surface area contributed by atoms with Crippen molar-refractivity contribution in [1.29, 1.82) is 0 Å². The zero-order valence-electron chi connectivity index (χ0n) is 17.3. The largest absolute Gasteiger partial charge is 0.372 e. The zero-order chi connectivity index (χ0) is 20.1. The van der Waals surface area contributed by atoms with Gasteiger partial charge < -0.3 is 20.0 Å². The molecule has 1 amide bonds. The molecule has 2 fully saturated rings. The minimum atomic E-state index is 0.0184. The number of carbonyl (C=O) groups excluding carboxylic acids is 1. The summed E-state index contributed by atoms with van der Waals surface area (Å²) in [6, 6.07) is 12.3. The van der Waals surface area contributed by atoms with Crippen molar-refractivity contribution < 1.29 is 4.79 Å². The number of benzene rings is 1. The minimum Gasteiger partial charge on any atom is -0.372 e. The van der Waals surface area contributed by atoms with Crippen LogP contribution >= 0.6 is 0 Å². The Morgan fingerprint density at radius 2 is 1.66 bits per heavy atom. The number of nitrogens with one attached hydrogen (secondary N) is 1. The summed E-state index contributed by atoms with van der Waals surface area (Å²) >= 11 is 0. The molecule has 4 rings (SSSR count). The lowest BCUT2D eigenvalue weighted by Gasteiger charge is -2.33. The summed E-state index contributed by atoms with van der Waals surface area (Å²) < 4.78 is 0. The van der Waals surface area contributed by atoms with Gasteiger partial charge in [0.1, 0.15) is 5.69 Å². The van der Waals surface area contributed by atoms with E-state index in [1.165, 1.54) is 24.9 Å². The van der Waals surface area contributed by atoms with E-state index in [0.717, 1.165) is 57.2 Å². The van der Waals surface area contributed by atoms with E-state index in [0.29, 0.717) is 5.69 Å². The first-order valence-electron chi connectivity index (χ1n) is 10.8. The number of rotatable bonds is 5. The molecule has 0 bridgehead atoms. The lowest BCUT2D eigenvalue weighted by Crippen LogP contribution is -2.48. The number of piperazine rings is 1. The fourth-order valence-electron chi connectivity index (χ4n) is 4.13. The van der Waals surface area contributed by atoms with Crippen molar-refractivity contribution in [3.63, 3.8) is 0 Å². The monoisotopic (exact) mass is 393 g/mol. The molecule has 0 atom stereocenters. The fourth-order valence-corrected chi connectivity index (χ4v) is 4.13. The Morgan fingerprint density at radius 3 is 2.34 bits per heavy atom. The normalized spacial score (nSPS) is 18.0. The smallest absolute Gasteiger partial charge is 0.272 e. The third kappa shape index (κ3) is 4.88. The second kappa shape index (κ2) is 9.27. The van der Waals surface area contributed by atoms with Gasteiger partial charge in [-0.25, -0.2) is 0 Å². The van der Waals surface area contributed by atoms with Crippen molar-refractivity contribution in [2.75, 3.05) is 56.0 Å². The molecule has 29 heavy (non-hydrogen) atoms. The Morgan fingerprint density at radius 1 is 0.931 bits per heavy atom. The molecule has 2 aliphatic rings. The number of nitrogens with zero attached hydrogens (tertiary/aromatic N) is 4. The van der Waals surface area contributed by atoms with Crippen LogP contribution in [-0.2, 0) is 0 Å². The van der Waals surface area contributed by atoms with Gasteiger partial charge in [0, 0.05) is 62.5 Å². The van der Waals surface area contributed by atoms with E-state index in [2.05, 4.69) is 51.3 Å². The van der Waals surface area contributed by atoms with Crippen molar-refractivity contribution in [2.24, 2.45) is 0 Å². The zero-order valence-corrected chi connectivity index (χ0v) is 17.3. The maximum Gasteiger partial charge on any atom is 0.272 e. The summed E-state index contributed by atoms with van der Waals surface area (Å²) in [6.07, 6.45) is 5.61. The molecule has 6 nitrogen and oxygen atoms in total. The first-order chi connectivity index (χ1) is 14.2. The average molecular weight is 394 g/mol. The van der Waals surface area contributed by atoms with E-state index < -0.39 is 0 Å². The van der Waals surface area contributed by atoms with Crippen molar-refractivity contribution >= 4 is 23.0 Å². The number of amides is 1. The van der Waals surface area contributed by atoms with Gasteiger partial charge in [0.15, 0.2) is 0 Å². The maximum absolute atomic E-state index is 12.8. The first kappa shape index (κ1) is 19.7. The van der Waals surface area contributed by atoms with Gasteiger partial charge in [0.25, 0.3) is 5.91 Å². The van der Waals surface area contributed by atoms with Crippen molar-refractivity contribution in [1.82, 2.24) is 14.8 Å². The van der Waals surface area contributed by atoms with Crippen LogP contribution in [0.25, 0.3) is 0 Å². The SMILES string of the molecule is CCN1CCN(C(=O)c2cc(Nc3ccc(N4CCCCC4)cc3)ccn2)CC1. The van der Waals surface area contributed by atoms with Crippen LogP contribution in [0.5, 0.6) is 0 Å². The molecule has 154 valence electrons. The lowest BCUT2D eigenvalue weighted by atomic mass is 10.1. The molecule has 2 aliphatic heterocycles. The number of anilines is 3. The second-order valence-electron chi connectivity index (χ2n) is 7.88. The van der Waals surface area contributed by atoms with Crippen LogP contribution < -0.4 is 10.2 Å². The second-order valence-corrected chi connectivity index (χ2v) is 7.88. The standard InChI is InChI=1S/C23H31N5O/c1-2-26-14-16-28(17-15-26)23(29)22-18-20(10-11-24-22)25-19-6-8-21(9-7-19)27-12-4-3-5-13-27/h6-11,18H,2-5,12-17H2,1H3,(H,24,25). The highest BCUT2D eigenvalue weighted by Crippen LogP contribution is 2.24. The fraction of sp³-hybridized carbons (Fsp3) is 0.478. The molecule has 3 heterocycles. The van der Waals surface area contributed by atoms with Crippen LogP contribution in [0.2, 0.25) is 0 Å². The predicted molar refractivity (Wildman–Crippen MR) is 118 cm³/mol. The van der Waals surface area contributed by atoms with Gasteiger partial charge in [0.2, 0.25) is 0 Å². The third-order valence-corrected chi connectivity index (χ3v) is 5.96. The van der Waals surface area contributed by atoms with Gasteiger partial charge in [-0.05, 0) is 62.2 Å². The molecule has 0 aliphatic carbocycles. The molecule has 1 aromatic carbocycles. The van der Waals surface area contributed by atoms with Crippen LogP contribution in [0.15, 0.2) is 42.6 Å². The minimum absolute atomic E-state index is 0.0184. The van der Waals surface area contributed by atoms with Gasteiger partial charge in [-0.1, -0.05) is 6.92 Å². The van der Waals surface area contributed by atoms with E-state index in [-0.39, 0.29) is 5.91 Å². The van der Waals surface area contributed by atoms with Crippen LogP contribution in [0.4, 0.5) is 17.1 Å². The van der Waals surface area contributed by atoms with Gasteiger partial charge in [-0.15, -0.1) is 0 Å². The molecular formula is C23H31N5O. The van der Waals surface area contributed by atoms with Gasteiger partial charge in [0.05, 0.1) is 0 Å². The lowest BCUT2D eigenvalue weighted by molar-refractivity contribution is 0.0637. The number of hydrogen-bond donors (Lipinski definition) is 1. The number of piperidine rings is 1. The molecule has 0 unspecified atom stereocenters. The van der Waals surface area contributed by atoms with Gasteiger partial charge >= 0.3 is 0 Å². The highest BCUT2D eigenvalue weighted by Gasteiger charge is 2.22. The Hall–Kier alpha value is -2.60. The van der Waals surface area contributed by atoms with Gasteiger partial charge in [-0.2, -0.15) is 0 Å². The molecule has 0 saturated carbocycles. The molecule has 1 N–H and O–H groups in total. The molecule has 1 aromatic heterocycles. The molecule has 0 spiro atoms. The molecular weight excluding hydrogens is 362 g/mol. The molecule has 2 saturated heterocycles. The Kier molecular flexibility index (Phi) is 6.30. The van der Waals surface area contributed by atoms with Crippen molar-refractivity contribution in [3.8, 4) is 0 Å². The van der Waals surface area contributed by atoms with Crippen LogP contribution in [-0.4, -0.2) is 66.5 Å². The number of likely N-dealkylation sites (N-methyl/N-ethyl adjacent to an activating group) is 1. The summed E-state index contributed by atoms with van der Waals surface area (Å²) in [5.41, 5.74) is 3.70. The summed E-state index contributed by atoms with van der Waals surface area (Å²) in [5.74, 6) is 0.0184. The maximum atomic E-state index is 12.8. The number of pyridine rings is 1. The van der Waals surface area contributed by atoms with E-state index in [9.17, 15) is 4.79 Å². The summed E-state index contributed by atoms with van der Waals surface area (Å²) in [7, 11) is 0. The van der Waals surface area contributed by atoms with Crippen molar-refractivity contribution in [3.05, 3.63) is 48.3 Å². The average Bonchev–Trinajstić information content (AvgIpc) is 2.80. The molecule has 0 radical (unpaired) electrons. The molecule has 6 heteroatoms. The van der Waals surface area contributed by atoms with E-state index in [4.69, 9.17) is 0 Å². The van der Waals surface area contributed by atoms with Crippen LogP contribution in [0, 0.1) is 0 Å². The van der Waals surface area contributed by atoms with E-state index >= 15 is 0 Å². The van der Waals surface area contributed by atoms with E-state index in [1.807, 2.05) is 17.0 Å². The van der Waals surface area contributed by atoms with Crippen molar-refractivity contribution in [2.45, 2.75) is 26.2 Å². The first-order valence-corrected chi connectivity index (χ1v) is 10.8. The Bertz CT molecular complexity index is 808. The summed E-state index contributed by atoms with van der Waals surface area (Å²) in [5, 5.41) is 3.41. The third-order valence-electron chi connectivity index (χ3n) is 5.96. The quantitative estimate of drug-likeness (QED) is 0.841. The Balaban J connectivity index is 1.39. The number of hydrogen-bond acceptors (Lipinski definition) is 5. The van der Waals surface area contributed by atoms with Crippen LogP contribution in [0.1, 0.15) is 36.7 Å². The topological polar surface area (TPSA) is 51.7 Å². The highest BCUT2D eigenvalue weighted by atomic mass is 16.2. The van der Waals surface area contributed by atoms with Gasteiger partial charge in [-0.3, -0.25) is 9.78 Å². The van der Waals surface area contributed by atoms with Crippen LogP contribution in [0.3, 0.4) is 0 Å². The number of aromatic nitrogens is 1. The highest BCUT2D eigenvalue weighted by molar-refractivity contribution is 5.93. The molecule has 2 aromatic rings. The number of carbonyl (C=O) groups is 1. The Labute approximate surface area is 173 Å².